The molecule has 1 saturated heterocycles. The molecule has 0 spiro atoms. The number of amides is 1. The van der Waals surface area contributed by atoms with Crippen LogP contribution in [-0.4, -0.2) is 47.4 Å². The molecule has 3 aliphatic heterocycles. The number of rotatable bonds is 4. The second-order valence-corrected chi connectivity index (χ2v) is 10.5. The van der Waals surface area contributed by atoms with Crippen molar-refractivity contribution in [3.63, 3.8) is 0 Å². The lowest BCUT2D eigenvalue weighted by atomic mass is 9.93. The van der Waals surface area contributed by atoms with Crippen molar-refractivity contribution >= 4 is 23.6 Å². The van der Waals surface area contributed by atoms with Crippen LogP contribution in [0.4, 0.5) is 8.78 Å². The van der Waals surface area contributed by atoms with Crippen molar-refractivity contribution < 1.29 is 27.8 Å². The number of carbonyl (C=O) groups excluding carboxylic acids is 2. The molecule has 4 heterocycles. The number of aromatic nitrogens is 1. The highest BCUT2D eigenvalue weighted by Crippen LogP contribution is 2.45. The van der Waals surface area contributed by atoms with E-state index in [0.29, 0.717) is 12.0 Å². The Morgan fingerprint density at radius 2 is 1.95 bits per heavy atom. The Morgan fingerprint density at radius 1 is 1.13 bits per heavy atom. The van der Waals surface area contributed by atoms with Crippen LogP contribution >= 0.6 is 11.8 Å². The molecule has 0 N–H and O–H groups in total. The molecule has 11 heteroatoms. The molecular formula is C28H25F2N3O5S. The van der Waals surface area contributed by atoms with Gasteiger partial charge in [0.25, 0.3) is 5.91 Å². The van der Waals surface area contributed by atoms with Crippen LogP contribution in [0.15, 0.2) is 58.4 Å². The standard InChI is InChI=1S/C28H25F2N3O5S/c1-2-5-23(35)38-27-20(34)10-11-32-26(27)28(36)31-12-13-37-14-22(31)33(32)25-16-8-9-19(29)24(30)18(16)15-39-21-7-4-3-6-17(21)25/h3-4,6-11,22,25H,2,5,12-15H2,1H3/t22-,25+/m1/s1. The number of fused-ring (bicyclic) bond motifs is 4. The fourth-order valence-electron chi connectivity index (χ4n) is 5.44. The highest BCUT2D eigenvalue weighted by Gasteiger charge is 2.46. The van der Waals surface area contributed by atoms with Gasteiger partial charge in [-0.3, -0.25) is 24.1 Å². The lowest BCUT2D eigenvalue weighted by molar-refractivity contribution is -0.134. The minimum Gasteiger partial charge on any atom is -0.420 e. The number of carbonyl (C=O) groups is 2. The van der Waals surface area contributed by atoms with Crippen LogP contribution in [-0.2, 0) is 15.3 Å². The number of thioether (sulfide) groups is 1. The van der Waals surface area contributed by atoms with Crippen LogP contribution in [0, 0.1) is 11.6 Å². The maximum Gasteiger partial charge on any atom is 0.311 e. The molecule has 3 aromatic rings. The van der Waals surface area contributed by atoms with Gasteiger partial charge in [-0.05, 0) is 29.7 Å². The third-order valence-corrected chi connectivity index (χ3v) is 8.32. The van der Waals surface area contributed by atoms with E-state index >= 15 is 4.39 Å². The average molecular weight is 554 g/mol. The predicted molar refractivity (Wildman–Crippen MR) is 139 cm³/mol. The highest BCUT2D eigenvalue weighted by atomic mass is 32.2. The molecule has 39 heavy (non-hydrogen) atoms. The van der Waals surface area contributed by atoms with Gasteiger partial charge in [0, 0.05) is 41.4 Å². The number of hydrogen-bond donors (Lipinski definition) is 0. The number of morpholine rings is 1. The third-order valence-electron chi connectivity index (χ3n) is 7.20. The number of nitrogens with zero attached hydrogens (tertiary/aromatic N) is 3. The summed E-state index contributed by atoms with van der Waals surface area (Å²) < 4.78 is 42.4. The van der Waals surface area contributed by atoms with Gasteiger partial charge in [-0.25, -0.2) is 8.78 Å². The zero-order valence-corrected chi connectivity index (χ0v) is 21.9. The maximum atomic E-state index is 15.2. The monoisotopic (exact) mass is 553 g/mol. The number of benzene rings is 2. The first-order valence-electron chi connectivity index (χ1n) is 12.7. The molecule has 1 amide bonds. The van der Waals surface area contributed by atoms with Gasteiger partial charge in [0.1, 0.15) is 6.17 Å². The minimum absolute atomic E-state index is 0.0807. The zero-order valence-electron chi connectivity index (χ0n) is 21.1. The van der Waals surface area contributed by atoms with Crippen molar-refractivity contribution in [1.82, 2.24) is 9.58 Å². The molecule has 1 fully saturated rings. The molecule has 1 aromatic heterocycles. The van der Waals surface area contributed by atoms with Crippen LogP contribution in [0.1, 0.15) is 53.0 Å². The lowest BCUT2D eigenvalue weighted by Gasteiger charge is -2.51. The third kappa shape index (κ3) is 4.20. The number of pyridine rings is 1. The van der Waals surface area contributed by atoms with E-state index in [1.54, 1.807) is 17.9 Å². The van der Waals surface area contributed by atoms with Gasteiger partial charge in [0.15, 0.2) is 17.3 Å². The summed E-state index contributed by atoms with van der Waals surface area (Å²) in [5, 5.41) is 1.84. The Labute approximate surface area is 227 Å². The molecule has 0 unspecified atom stereocenters. The van der Waals surface area contributed by atoms with Crippen LogP contribution in [0.2, 0.25) is 0 Å². The topological polar surface area (TPSA) is 81.1 Å². The molecule has 0 bridgehead atoms. The molecule has 2 aromatic carbocycles. The molecule has 8 nitrogen and oxygen atoms in total. The van der Waals surface area contributed by atoms with Crippen LogP contribution in [0.5, 0.6) is 5.75 Å². The Kier molecular flexibility index (Phi) is 6.64. The van der Waals surface area contributed by atoms with Crippen LogP contribution < -0.4 is 15.2 Å². The van der Waals surface area contributed by atoms with Gasteiger partial charge >= 0.3 is 5.97 Å². The number of esters is 1. The van der Waals surface area contributed by atoms with E-state index in [2.05, 4.69) is 0 Å². The van der Waals surface area contributed by atoms with Crippen LogP contribution in [0.25, 0.3) is 0 Å². The Hall–Kier alpha value is -3.70. The van der Waals surface area contributed by atoms with Crippen molar-refractivity contribution in [2.24, 2.45) is 0 Å². The molecule has 0 saturated carbocycles. The summed E-state index contributed by atoms with van der Waals surface area (Å²) in [4.78, 5) is 41.7. The molecule has 2 atom stereocenters. The van der Waals surface area contributed by atoms with Gasteiger partial charge in [-0.2, -0.15) is 0 Å². The van der Waals surface area contributed by atoms with E-state index < -0.39 is 41.1 Å². The van der Waals surface area contributed by atoms with Gasteiger partial charge in [-0.15, -0.1) is 11.8 Å². The summed E-state index contributed by atoms with van der Waals surface area (Å²) in [7, 11) is 0. The smallest absolute Gasteiger partial charge is 0.311 e. The second-order valence-electron chi connectivity index (χ2n) is 9.52. The quantitative estimate of drug-likeness (QED) is 0.452. The normalized spacial score (nSPS) is 19.9. The van der Waals surface area contributed by atoms with Crippen molar-refractivity contribution in [3.05, 3.63) is 92.9 Å². The molecule has 202 valence electrons. The molecule has 0 radical (unpaired) electrons. The molecule has 6 rings (SSSR count). The fraction of sp³-hybridized carbons (Fsp3) is 0.321. The molecule has 0 aliphatic carbocycles. The first-order chi connectivity index (χ1) is 18.9. The molecular weight excluding hydrogens is 528 g/mol. The highest BCUT2D eigenvalue weighted by molar-refractivity contribution is 7.98. The zero-order chi connectivity index (χ0) is 27.3. The van der Waals surface area contributed by atoms with E-state index in [1.165, 1.54) is 28.7 Å². The summed E-state index contributed by atoms with van der Waals surface area (Å²) in [6.07, 6.45) is 1.41. The molecule has 3 aliphatic rings. The fourth-order valence-corrected chi connectivity index (χ4v) is 6.55. The second kappa shape index (κ2) is 10.1. The van der Waals surface area contributed by atoms with Crippen molar-refractivity contribution in [1.29, 1.82) is 0 Å². The predicted octanol–water partition coefficient (Wildman–Crippen LogP) is 3.98. The van der Waals surface area contributed by atoms with Crippen molar-refractivity contribution in [2.75, 3.05) is 24.8 Å². The van der Waals surface area contributed by atoms with E-state index in [1.807, 2.05) is 29.3 Å². The minimum atomic E-state index is -0.940. The van der Waals surface area contributed by atoms with Gasteiger partial charge < -0.3 is 14.4 Å². The first-order valence-corrected chi connectivity index (χ1v) is 13.7. The van der Waals surface area contributed by atoms with E-state index in [0.717, 1.165) is 16.5 Å². The van der Waals surface area contributed by atoms with E-state index in [9.17, 15) is 18.8 Å². The van der Waals surface area contributed by atoms with Gasteiger partial charge in [0.05, 0.1) is 19.3 Å². The summed E-state index contributed by atoms with van der Waals surface area (Å²) in [5.74, 6) is -3.09. The first kappa shape index (κ1) is 25.6. The van der Waals surface area contributed by atoms with Crippen molar-refractivity contribution in [3.8, 4) is 5.75 Å². The van der Waals surface area contributed by atoms with Crippen LogP contribution in [0.3, 0.4) is 0 Å². The summed E-state index contributed by atoms with van der Waals surface area (Å²) in [5.41, 5.74) is 0.875. The average Bonchev–Trinajstić information content (AvgIpc) is 3.10. The van der Waals surface area contributed by atoms with Crippen molar-refractivity contribution in [2.45, 2.75) is 42.6 Å². The van der Waals surface area contributed by atoms with E-state index in [-0.39, 0.29) is 48.9 Å². The Morgan fingerprint density at radius 3 is 2.77 bits per heavy atom. The summed E-state index contributed by atoms with van der Waals surface area (Å²) in [6.45, 7) is 2.47. The van der Waals surface area contributed by atoms with Gasteiger partial charge in [-0.1, -0.05) is 31.2 Å². The maximum absolute atomic E-state index is 15.2. The lowest BCUT2D eigenvalue weighted by Crippen LogP contribution is -2.66. The summed E-state index contributed by atoms with van der Waals surface area (Å²) in [6, 6.07) is 10.8. The Bertz CT molecular complexity index is 1540. The number of ether oxygens (including phenoxy) is 2. The van der Waals surface area contributed by atoms with E-state index in [4.69, 9.17) is 9.47 Å². The Balaban J connectivity index is 1.63. The largest absolute Gasteiger partial charge is 0.420 e. The number of hydrogen-bond acceptors (Lipinski definition) is 7. The summed E-state index contributed by atoms with van der Waals surface area (Å²) >= 11 is 1.40. The SMILES string of the molecule is CCCC(=O)Oc1c2n(ccc1=O)N([C@@H]1c3ccccc3SCc3c1ccc(F)c3F)[C@@H]1COCCN1C2=O. The number of halogens is 2. The van der Waals surface area contributed by atoms with Gasteiger partial charge in [0.2, 0.25) is 11.2 Å².